The summed E-state index contributed by atoms with van der Waals surface area (Å²) in [7, 11) is 0. The van der Waals surface area contributed by atoms with Crippen molar-refractivity contribution >= 4 is 22.4 Å². The Kier molecular flexibility index (Phi) is 4.68. The van der Waals surface area contributed by atoms with E-state index in [-0.39, 0.29) is 5.91 Å². The molecule has 5 nitrogen and oxygen atoms in total. The molecular formula is C13H24N4OS. The van der Waals surface area contributed by atoms with E-state index in [0.717, 1.165) is 11.4 Å². The van der Waals surface area contributed by atoms with E-state index in [9.17, 15) is 4.79 Å². The van der Waals surface area contributed by atoms with Gasteiger partial charge in [-0.2, -0.15) is 0 Å². The van der Waals surface area contributed by atoms with E-state index in [2.05, 4.69) is 29.4 Å². The van der Waals surface area contributed by atoms with Gasteiger partial charge in [-0.05, 0) is 33.6 Å². The maximum absolute atomic E-state index is 12.3. The first kappa shape index (κ1) is 16.0. The molecule has 1 amide bonds. The van der Waals surface area contributed by atoms with E-state index < -0.39 is 11.0 Å². The maximum atomic E-state index is 12.3. The molecule has 0 spiro atoms. The van der Waals surface area contributed by atoms with E-state index in [1.54, 1.807) is 0 Å². The van der Waals surface area contributed by atoms with Crippen molar-refractivity contribution in [2.75, 3.05) is 5.32 Å². The number of amides is 1. The number of carbonyl (C=O) groups is 1. The fraction of sp³-hybridized carbons (Fsp3) is 0.769. The summed E-state index contributed by atoms with van der Waals surface area (Å²) in [4.78, 5) is 12.3. The smallest absolute Gasteiger partial charge is 0.233 e. The second kappa shape index (κ2) is 5.54. The van der Waals surface area contributed by atoms with E-state index in [4.69, 9.17) is 5.73 Å². The third-order valence-electron chi connectivity index (χ3n) is 3.45. The first-order valence-electron chi connectivity index (χ1n) is 6.46. The largest absolute Gasteiger partial charge is 0.325 e. The van der Waals surface area contributed by atoms with E-state index in [1.165, 1.54) is 11.3 Å². The summed E-state index contributed by atoms with van der Waals surface area (Å²) in [5.41, 5.74) is 4.75. The van der Waals surface area contributed by atoms with Crippen LogP contribution >= 0.6 is 11.3 Å². The fourth-order valence-electron chi connectivity index (χ4n) is 1.28. The van der Waals surface area contributed by atoms with E-state index in [0.29, 0.717) is 11.0 Å². The minimum atomic E-state index is -0.684. The van der Waals surface area contributed by atoms with Crippen molar-refractivity contribution in [3.8, 4) is 0 Å². The van der Waals surface area contributed by atoms with Gasteiger partial charge >= 0.3 is 0 Å². The van der Waals surface area contributed by atoms with Crippen LogP contribution in [0.3, 0.4) is 0 Å². The van der Waals surface area contributed by atoms with Crippen LogP contribution in [0.4, 0.5) is 5.13 Å². The van der Waals surface area contributed by atoms with Crippen molar-refractivity contribution in [1.29, 1.82) is 0 Å². The Bertz CT molecular complexity index is 446. The van der Waals surface area contributed by atoms with Crippen LogP contribution in [0.25, 0.3) is 0 Å². The first-order chi connectivity index (χ1) is 8.54. The molecule has 1 heterocycles. The zero-order valence-corrected chi connectivity index (χ0v) is 13.4. The van der Waals surface area contributed by atoms with Gasteiger partial charge in [-0.15, -0.1) is 10.2 Å². The van der Waals surface area contributed by atoms with Gasteiger partial charge < -0.3 is 5.73 Å². The van der Waals surface area contributed by atoms with Crippen LogP contribution in [-0.2, 0) is 11.2 Å². The molecule has 3 N–H and O–H groups in total. The molecule has 0 unspecified atom stereocenters. The molecule has 0 fully saturated rings. The number of nitrogens with two attached hydrogens (primary N) is 1. The lowest BCUT2D eigenvalue weighted by Crippen LogP contribution is -2.53. The Morgan fingerprint density at radius 1 is 1.32 bits per heavy atom. The van der Waals surface area contributed by atoms with Crippen LogP contribution in [-0.4, -0.2) is 21.6 Å². The molecule has 6 heteroatoms. The van der Waals surface area contributed by atoms with Crippen LogP contribution in [0.5, 0.6) is 0 Å². The van der Waals surface area contributed by atoms with Crippen molar-refractivity contribution in [2.24, 2.45) is 17.1 Å². The molecule has 0 saturated heterocycles. The molecule has 1 rings (SSSR count). The van der Waals surface area contributed by atoms with Gasteiger partial charge in [0, 0.05) is 12.0 Å². The summed E-state index contributed by atoms with van der Waals surface area (Å²) in [6.07, 6.45) is 0.874. The summed E-state index contributed by atoms with van der Waals surface area (Å²) in [5.74, 6) is 0.392. The topological polar surface area (TPSA) is 80.9 Å². The van der Waals surface area contributed by atoms with Crippen molar-refractivity contribution in [3.63, 3.8) is 0 Å². The third kappa shape index (κ3) is 3.98. The normalized spacial score (nSPS) is 12.8. The van der Waals surface area contributed by atoms with Gasteiger partial charge in [0.15, 0.2) is 0 Å². The van der Waals surface area contributed by atoms with Crippen LogP contribution in [0.2, 0.25) is 0 Å². The third-order valence-corrected chi connectivity index (χ3v) is 4.31. The van der Waals surface area contributed by atoms with Crippen LogP contribution < -0.4 is 11.1 Å². The van der Waals surface area contributed by atoms with Gasteiger partial charge in [-0.25, -0.2) is 0 Å². The van der Waals surface area contributed by atoms with Crippen molar-refractivity contribution < 1.29 is 4.79 Å². The zero-order chi connectivity index (χ0) is 14.8. The average molecular weight is 284 g/mol. The predicted molar refractivity (Wildman–Crippen MR) is 79.1 cm³/mol. The molecule has 0 atom stereocenters. The van der Waals surface area contributed by atoms with Crippen LogP contribution in [0, 0.1) is 11.3 Å². The number of rotatable bonds is 5. The zero-order valence-electron chi connectivity index (χ0n) is 12.6. The summed E-state index contributed by atoms with van der Waals surface area (Å²) < 4.78 is 0. The molecule has 0 aliphatic rings. The Morgan fingerprint density at radius 3 is 2.37 bits per heavy atom. The molecule has 19 heavy (non-hydrogen) atoms. The number of nitrogens with zero attached hydrogens (tertiary/aromatic N) is 2. The number of anilines is 1. The summed E-state index contributed by atoms with van der Waals surface area (Å²) >= 11 is 1.42. The average Bonchev–Trinajstić information content (AvgIpc) is 2.62. The Balaban J connectivity index is 2.75. The minimum absolute atomic E-state index is 0.132. The lowest BCUT2D eigenvalue weighted by atomic mass is 9.74. The molecule has 0 radical (unpaired) electrons. The predicted octanol–water partition coefficient (Wildman–Crippen LogP) is 2.44. The van der Waals surface area contributed by atoms with Crippen LogP contribution in [0.1, 0.15) is 46.6 Å². The van der Waals surface area contributed by atoms with Gasteiger partial charge in [0.25, 0.3) is 0 Å². The molecule has 0 aliphatic carbocycles. The minimum Gasteiger partial charge on any atom is -0.325 e. The second-order valence-electron chi connectivity index (χ2n) is 6.40. The van der Waals surface area contributed by atoms with Gasteiger partial charge in [-0.3, -0.25) is 10.1 Å². The van der Waals surface area contributed by atoms with Crippen molar-refractivity contribution in [3.05, 3.63) is 5.01 Å². The molecule has 0 saturated carbocycles. The van der Waals surface area contributed by atoms with E-state index >= 15 is 0 Å². The van der Waals surface area contributed by atoms with Crippen molar-refractivity contribution in [1.82, 2.24) is 10.2 Å². The quantitative estimate of drug-likeness (QED) is 0.870. The van der Waals surface area contributed by atoms with Crippen LogP contribution in [0.15, 0.2) is 0 Å². The summed E-state index contributed by atoms with van der Waals surface area (Å²) in [6, 6.07) is 0. The molecule has 0 bridgehead atoms. The number of aromatic nitrogens is 2. The number of nitrogens with one attached hydrogen (secondary N) is 1. The SMILES string of the molecule is CC(C)Cc1nnc(NC(=O)C(C)(C)C(C)(C)N)s1. The maximum Gasteiger partial charge on any atom is 0.233 e. The fourth-order valence-corrected chi connectivity index (χ4v) is 2.23. The highest BCUT2D eigenvalue weighted by atomic mass is 32.1. The lowest BCUT2D eigenvalue weighted by Gasteiger charge is -2.36. The molecule has 1 aromatic rings. The highest BCUT2D eigenvalue weighted by Crippen LogP contribution is 2.30. The standard InChI is InChI=1S/C13H24N4OS/c1-8(2)7-9-16-17-11(19-9)15-10(18)12(3,4)13(5,6)14/h8H,7,14H2,1-6H3,(H,15,17,18). The van der Waals surface area contributed by atoms with Gasteiger partial charge in [0.1, 0.15) is 5.01 Å². The molecule has 0 aliphatic heterocycles. The van der Waals surface area contributed by atoms with E-state index in [1.807, 2.05) is 27.7 Å². The Hall–Kier alpha value is -1.01. The number of hydrogen-bond acceptors (Lipinski definition) is 5. The van der Waals surface area contributed by atoms with Gasteiger partial charge in [-0.1, -0.05) is 25.2 Å². The molecule has 1 aromatic heterocycles. The highest BCUT2D eigenvalue weighted by molar-refractivity contribution is 7.15. The summed E-state index contributed by atoms with van der Waals surface area (Å²) in [6.45, 7) is 11.6. The number of carbonyl (C=O) groups excluding carboxylic acids is 1. The van der Waals surface area contributed by atoms with Gasteiger partial charge in [0.2, 0.25) is 11.0 Å². The monoisotopic (exact) mass is 284 g/mol. The Morgan fingerprint density at radius 2 is 1.89 bits per heavy atom. The number of hydrogen-bond donors (Lipinski definition) is 2. The first-order valence-corrected chi connectivity index (χ1v) is 7.28. The molecular weight excluding hydrogens is 260 g/mol. The second-order valence-corrected chi connectivity index (χ2v) is 7.46. The Labute approximate surface area is 119 Å². The molecule has 0 aromatic carbocycles. The molecule has 108 valence electrons. The highest BCUT2D eigenvalue weighted by Gasteiger charge is 2.40. The summed E-state index contributed by atoms with van der Waals surface area (Å²) in [5, 5.41) is 12.4. The van der Waals surface area contributed by atoms with Gasteiger partial charge in [0.05, 0.1) is 5.41 Å². The lowest BCUT2D eigenvalue weighted by molar-refractivity contribution is -0.126. The van der Waals surface area contributed by atoms with Crippen molar-refractivity contribution in [2.45, 2.75) is 53.5 Å².